The van der Waals surface area contributed by atoms with E-state index in [2.05, 4.69) is 5.32 Å². The summed E-state index contributed by atoms with van der Waals surface area (Å²) in [5, 5.41) is 2.78. The topological polar surface area (TPSA) is 94.2 Å². The first kappa shape index (κ1) is 24.5. The molecular weight excluding hydrogens is 420 g/mol. The number of anilines is 1. The van der Waals surface area contributed by atoms with Gasteiger partial charge in [-0.2, -0.15) is 0 Å². The zero-order valence-electron chi connectivity index (χ0n) is 18.6. The summed E-state index contributed by atoms with van der Waals surface area (Å²) in [6.45, 7) is 5.09. The number of nitrogens with zero attached hydrogens (tertiary/aromatic N) is 1. The SMILES string of the molecule is CCCOc1ccc(NC(=O)c2ccc(OC)c(S(=O)(=O)N(C)C)c2)cc1OCCC. The molecule has 1 amide bonds. The second-order valence-corrected chi connectivity index (χ2v) is 9.09. The highest BCUT2D eigenvalue weighted by atomic mass is 32.2. The predicted molar refractivity (Wildman–Crippen MR) is 120 cm³/mol. The number of methoxy groups -OCH3 is 1. The van der Waals surface area contributed by atoms with E-state index in [0.717, 1.165) is 17.1 Å². The van der Waals surface area contributed by atoms with E-state index in [1.807, 2.05) is 13.8 Å². The Morgan fingerprint density at radius 1 is 0.935 bits per heavy atom. The molecule has 2 rings (SSSR count). The lowest BCUT2D eigenvalue weighted by Gasteiger charge is -2.16. The molecule has 0 spiro atoms. The highest BCUT2D eigenvalue weighted by Gasteiger charge is 2.24. The number of benzene rings is 2. The third-order valence-electron chi connectivity index (χ3n) is 4.31. The second kappa shape index (κ2) is 11.0. The molecule has 0 aliphatic rings. The molecule has 0 heterocycles. The van der Waals surface area contributed by atoms with Crippen LogP contribution in [-0.4, -0.2) is 53.0 Å². The van der Waals surface area contributed by atoms with Gasteiger partial charge >= 0.3 is 0 Å². The standard InChI is InChI=1S/C22H30N2O6S/c1-6-12-29-18-11-9-17(15-20(18)30-13-7-2)23-22(25)16-8-10-19(28-5)21(14-16)31(26,27)24(3)4/h8-11,14-15H,6-7,12-13H2,1-5H3,(H,23,25). The Balaban J connectivity index is 2.32. The van der Waals surface area contributed by atoms with Gasteiger partial charge in [0.05, 0.1) is 20.3 Å². The van der Waals surface area contributed by atoms with Crippen LogP contribution in [0.1, 0.15) is 37.0 Å². The van der Waals surface area contributed by atoms with E-state index < -0.39 is 15.9 Å². The predicted octanol–water partition coefficient (Wildman–Crippen LogP) is 3.78. The van der Waals surface area contributed by atoms with Crippen molar-refractivity contribution < 1.29 is 27.4 Å². The molecule has 0 saturated carbocycles. The van der Waals surface area contributed by atoms with E-state index in [0.29, 0.717) is 30.4 Å². The smallest absolute Gasteiger partial charge is 0.255 e. The van der Waals surface area contributed by atoms with Gasteiger partial charge in [-0.05, 0) is 43.2 Å². The van der Waals surface area contributed by atoms with Crippen LogP contribution in [0.3, 0.4) is 0 Å². The van der Waals surface area contributed by atoms with Crippen molar-refractivity contribution in [1.82, 2.24) is 4.31 Å². The molecule has 0 saturated heterocycles. The number of sulfonamides is 1. The number of carbonyl (C=O) groups excluding carboxylic acids is 1. The fraction of sp³-hybridized carbons (Fsp3) is 0.409. The van der Waals surface area contributed by atoms with Gasteiger partial charge in [-0.15, -0.1) is 0 Å². The fourth-order valence-corrected chi connectivity index (χ4v) is 3.74. The minimum atomic E-state index is -3.79. The number of carbonyl (C=O) groups is 1. The van der Waals surface area contributed by atoms with Gasteiger partial charge in [0.25, 0.3) is 5.91 Å². The lowest BCUT2D eigenvalue weighted by atomic mass is 10.2. The second-order valence-electron chi connectivity index (χ2n) is 6.97. The molecule has 0 radical (unpaired) electrons. The Bertz CT molecular complexity index is 1010. The van der Waals surface area contributed by atoms with Crippen molar-refractivity contribution in [2.24, 2.45) is 0 Å². The maximum atomic E-state index is 12.8. The van der Waals surface area contributed by atoms with Gasteiger partial charge in [-0.3, -0.25) is 4.79 Å². The highest BCUT2D eigenvalue weighted by Crippen LogP contribution is 2.32. The summed E-state index contributed by atoms with van der Waals surface area (Å²) in [7, 11) is 0.427. The zero-order chi connectivity index (χ0) is 23.0. The average Bonchev–Trinajstić information content (AvgIpc) is 2.76. The van der Waals surface area contributed by atoms with Gasteiger partial charge in [-0.25, -0.2) is 12.7 Å². The van der Waals surface area contributed by atoms with Crippen LogP contribution < -0.4 is 19.5 Å². The first-order chi connectivity index (χ1) is 14.7. The van der Waals surface area contributed by atoms with Crippen LogP contribution in [-0.2, 0) is 10.0 Å². The Labute approximate surface area is 184 Å². The van der Waals surface area contributed by atoms with E-state index in [-0.39, 0.29) is 16.2 Å². The molecule has 8 nitrogen and oxygen atoms in total. The van der Waals surface area contributed by atoms with Crippen molar-refractivity contribution in [2.75, 3.05) is 39.7 Å². The van der Waals surface area contributed by atoms with Gasteiger partial charge in [0.15, 0.2) is 11.5 Å². The van der Waals surface area contributed by atoms with Gasteiger partial charge in [0.1, 0.15) is 10.6 Å². The first-order valence-electron chi connectivity index (χ1n) is 10.1. The van der Waals surface area contributed by atoms with Crippen LogP contribution in [0.15, 0.2) is 41.3 Å². The number of amides is 1. The van der Waals surface area contributed by atoms with Crippen LogP contribution >= 0.6 is 0 Å². The van der Waals surface area contributed by atoms with Crippen LogP contribution in [0.5, 0.6) is 17.2 Å². The quantitative estimate of drug-likeness (QED) is 0.560. The van der Waals surface area contributed by atoms with Crippen LogP contribution in [0.4, 0.5) is 5.69 Å². The molecule has 2 aromatic rings. The normalized spacial score (nSPS) is 11.3. The van der Waals surface area contributed by atoms with Crippen molar-refractivity contribution in [3.05, 3.63) is 42.0 Å². The molecule has 170 valence electrons. The van der Waals surface area contributed by atoms with Crippen molar-refractivity contribution in [3.63, 3.8) is 0 Å². The van der Waals surface area contributed by atoms with Crippen molar-refractivity contribution in [2.45, 2.75) is 31.6 Å². The summed E-state index contributed by atoms with van der Waals surface area (Å²) in [5.74, 6) is 0.857. The van der Waals surface area contributed by atoms with E-state index in [9.17, 15) is 13.2 Å². The highest BCUT2D eigenvalue weighted by molar-refractivity contribution is 7.89. The molecule has 31 heavy (non-hydrogen) atoms. The molecule has 0 aliphatic carbocycles. The monoisotopic (exact) mass is 450 g/mol. The lowest BCUT2D eigenvalue weighted by molar-refractivity contribution is 0.102. The minimum absolute atomic E-state index is 0.0806. The van der Waals surface area contributed by atoms with Gasteiger partial charge in [0.2, 0.25) is 10.0 Å². The Morgan fingerprint density at radius 2 is 1.55 bits per heavy atom. The molecule has 0 bridgehead atoms. The van der Waals surface area contributed by atoms with Gasteiger partial charge in [-0.1, -0.05) is 13.8 Å². The Hall–Kier alpha value is -2.78. The van der Waals surface area contributed by atoms with Gasteiger partial charge in [0, 0.05) is 31.4 Å². The summed E-state index contributed by atoms with van der Waals surface area (Å²) in [4.78, 5) is 12.7. The minimum Gasteiger partial charge on any atom is -0.495 e. The van der Waals surface area contributed by atoms with Crippen LogP contribution in [0.25, 0.3) is 0 Å². The Morgan fingerprint density at radius 3 is 2.13 bits per heavy atom. The Kier molecular flexibility index (Phi) is 8.70. The number of ether oxygens (including phenoxy) is 3. The van der Waals surface area contributed by atoms with Crippen molar-refractivity contribution in [1.29, 1.82) is 0 Å². The van der Waals surface area contributed by atoms with Crippen LogP contribution in [0, 0.1) is 0 Å². The largest absolute Gasteiger partial charge is 0.495 e. The molecular formula is C22H30N2O6S. The molecule has 0 aromatic heterocycles. The van der Waals surface area contributed by atoms with Crippen molar-refractivity contribution >= 4 is 21.6 Å². The summed E-state index contributed by atoms with van der Waals surface area (Å²) in [6.07, 6.45) is 1.69. The maximum Gasteiger partial charge on any atom is 0.255 e. The zero-order valence-corrected chi connectivity index (χ0v) is 19.4. The van der Waals surface area contributed by atoms with Crippen LogP contribution in [0.2, 0.25) is 0 Å². The fourth-order valence-electron chi connectivity index (χ4n) is 2.66. The summed E-state index contributed by atoms with van der Waals surface area (Å²) in [6, 6.07) is 9.42. The lowest BCUT2D eigenvalue weighted by Crippen LogP contribution is -2.23. The van der Waals surface area contributed by atoms with Crippen molar-refractivity contribution in [3.8, 4) is 17.2 Å². The van der Waals surface area contributed by atoms with E-state index in [1.165, 1.54) is 39.4 Å². The third kappa shape index (κ3) is 6.11. The first-order valence-corrected chi connectivity index (χ1v) is 11.5. The molecule has 0 atom stereocenters. The van der Waals surface area contributed by atoms with E-state index in [1.54, 1.807) is 18.2 Å². The third-order valence-corrected chi connectivity index (χ3v) is 6.15. The molecule has 0 aliphatic heterocycles. The molecule has 2 aromatic carbocycles. The number of hydrogen-bond acceptors (Lipinski definition) is 6. The summed E-state index contributed by atoms with van der Waals surface area (Å²) >= 11 is 0. The molecule has 1 N–H and O–H groups in total. The number of nitrogens with one attached hydrogen (secondary N) is 1. The van der Waals surface area contributed by atoms with Gasteiger partial charge < -0.3 is 19.5 Å². The molecule has 0 fully saturated rings. The average molecular weight is 451 g/mol. The molecule has 0 unspecified atom stereocenters. The maximum absolute atomic E-state index is 12.8. The van der Waals surface area contributed by atoms with E-state index >= 15 is 0 Å². The van der Waals surface area contributed by atoms with E-state index in [4.69, 9.17) is 14.2 Å². The molecule has 9 heteroatoms. The number of rotatable bonds is 11. The number of hydrogen-bond donors (Lipinski definition) is 1. The summed E-state index contributed by atoms with van der Waals surface area (Å²) in [5.41, 5.74) is 0.691. The summed E-state index contributed by atoms with van der Waals surface area (Å²) < 4.78 is 42.9.